The minimum absolute atomic E-state index is 0.386. The van der Waals surface area contributed by atoms with E-state index in [1.54, 1.807) is 0 Å². The van der Waals surface area contributed by atoms with Gasteiger partial charge in [-0.2, -0.15) is 0 Å². The standard InChI is InChI=1S/C19H22ClNO2/c20-17-7-3-16(4-8-17)14-23-18-9-5-15(6-10-18)12-21-13-19-2-1-11-22-19/h3-10,19,21H,1-2,11-14H2/t19-/m1/s1. The van der Waals surface area contributed by atoms with Crippen molar-refractivity contribution in [2.45, 2.75) is 32.1 Å². The van der Waals surface area contributed by atoms with Crippen LogP contribution in [-0.4, -0.2) is 19.3 Å². The fraction of sp³-hybridized carbons (Fsp3) is 0.368. The largest absolute Gasteiger partial charge is 0.489 e. The topological polar surface area (TPSA) is 30.5 Å². The number of hydrogen-bond donors (Lipinski definition) is 1. The predicted octanol–water partition coefficient (Wildman–Crippen LogP) is 4.19. The molecule has 1 atom stereocenters. The lowest BCUT2D eigenvalue weighted by molar-refractivity contribution is 0.110. The van der Waals surface area contributed by atoms with Crippen LogP contribution < -0.4 is 10.1 Å². The molecular formula is C19H22ClNO2. The number of rotatable bonds is 7. The van der Waals surface area contributed by atoms with Crippen molar-refractivity contribution >= 4 is 11.6 Å². The molecule has 0 aliphatic carbocycles. The molecule has 0 amide bonds. The molecule has 0 aromatic heterocycles. The third-order valence-electron chi connectivity index (χ3n) is 3.97. The van der Waals surface area contributed by atoms with Gasteiger partial charge in [0, 0.05) is 24.7 Å². The van der Waals surface area contributed by atoms with Crippen LogP contribution in [0, 0.1) is 0 Å². The second-order valence-electron chi connectivity index (χ2n) is 5.83. The molecule has 0 unspecified atom stereocenters. The first kappa shape index (κ1) is 16.3. The van der Waals surface area contributed by atoms with Crippen molar-refractivity contribution in [3.8, 4) is 5.75 Å². The summed E-state index contributed by atoms with van der Waals surface area (Å²) in [6, 6.07) is 15.9. The third-order valence-corrected chi connectivity index (χ3v) is 4.22. The monoisotopic (exact) mass is 331 g/mol. The summed E-state index contributed by atoms with van der Waals surface area (Å²) < 4.78 is 11.4. The van der Waals surface area contributed by atoms with Gasteiger partial charge in [0.15, 0.2) is 0 Å². The van der Waals surface area contributed by atoms with E-state index < -0.39 is 0 Å². The van der Waals surface area contributed by atoms with E-state index >= 15 is 0 Å². The fourth-order valence-electron chi connectivity index (χ4n) is 2.63. The van der Waals surface area contributed by atoms with E-state index in [1.165, 1.54) is 18.4 Å². The zero-order valence-electron chi connectivity index (χ0n) is 13.1. The van der Waals surface area contributed by atoms with Gasteiger partial charge in [-0.3, -0.25) is 0 Å². The van der Waals surface area contributed by atoms with Crippen molar-refractivity contribution < 1.29 is 9.47 Å². The highest BCUT2D eigenvalue weighted by atomic mass is 35.5. The summed E-state index contributed by atoms with van der Waals surface area (Å²) in [6.07, 6.45) is 2.74. The first-order valence-electron chi connectivity index (χ1n) is 8.08. The van der Waals surface area contributed by atoms with Crippen LogP contribution in [0.5, 0.6) is 5.75 Å². The molecule has 0 radical (unpaired) electrons. The van der Waals surface area contributed by atoms with E-state index in [9.17, 15) is 0 Å². The molecule has 122 valence electrons. The Hall–Kier alpha value is -1.55. The molecular weight excluding hydrogens is 310 g/mol. The molecule has 2 aromatic carbocycles. The van der Waals surface area contributed by atoms with Crippen LogP contribution in [0.25, 0.3) is 0 Å². The number of halogens is 1. The highest BCUT2D eigenvalue weighted by molar-refractivity contribution is 6.30. The summed E-state index contributed by atoms with van der Waals surface area (Å²) in [5.74, 6) is 0.878. The Bertz CT molecular complexity index is 592. The van der Waals surface area contributed by atoms with E-state index in [-0.39, 0.29) is 0 Å². The summed E-state index contributed by atoms with van der Waals surface area (Å²) in [5.41, 5.74) is 2.36. The highest BCUT2D eigenvalue weighted by Crippen LogP contribution is 2.16. The SMILES string of the molecule is Clc1ccc(COc2ccc(CNC[C@H]3CCCO3)cc2)cc1. The third kappa shape index (κ3) is 5.24. The highest BCUT2D eigenvalue weighted by Gasteiger charge is 2.14. The Balaban J connectivity index is 1.42. The van der Waals surface area contributed by atoms with E-state index in [2.05, 4.69) is 17.4 Å². The lowest BCUT2D eigenvalue weighted by atomic mass is 10.2. The average molecular weight is 332 g/mol. The number of nitrogens with one attached hydrogen (secondary N) is 1. The molecule has 2 aromatic rings. The molecule has 23 heavy (non-hydrogen) atoms. The molecule has 3 nitrogen and oxygen atoms in total. The Labute approximate surface area is 142 Å². The van der Waals surface area contributed by atoms with Crippen LogP contribution in [0.4, 0.5) is 0 Å². The van der Waals surface area contributed by atoms with Gasteiger partial charge >= 0.3 is 0 Å². The van der Waals surface area contributed by atoms with Crippen LogP contribution in [0.3, 0.4) is 0 Å². The number of hydrogen-bond acceptors (Lipinski definition) is 3. The Morgan fingerprint density at radius 1 is 1.04 bits per heavy atom. The minimum Gasteiger partial charge on any atom is -0.489 e. The summed E-state index contributed by atoms with van der Waals surface area (Å²) in [7, 11) is 0. The summed E-state index contributed by atoms with van der Waals surface area (Å²) in [6.45, 7) is 3.24. The summed E-state index contributed by atoms with van der Waals surface area (Å²) in [4.78, 5) is 0. The van der Waals surface area contributed by atoms with Crippen molar-refractivity contribution in [1.82, 2.24) is 5.32 Å². The van der Waals surface area contributed by atoms with E-state index in [4.69, 9.17) is 21.1 Å². The van der Waals surface area contributed by atoms with Crippen LogP contribution in [0.2, 0.25) is 5.02 Å². The maximum absolute atomic E-state index is 5.87. The Morgan fingerprint density at radius 2 is 1.78 bits per heavy atom. The fourth-order valence-corrected chi connectivity index (χ4v) is 2.76. The molecule has 1 N–H and O–H groups in total. The van der Waals surface area contributed by atoms with Gasteiger partial charge in [-0.15, -0.1) is 0 Å². The maximum Gasteiger partial charge on any atom is 0.119 e. The molecule has 1 aliphatic rings. The van der Waals surface area contributed by atoms with Crippen LogP contribution in [0.15, 0.2) is 48.5 Å². The van der Waals surface area contributed by atoms with Gasteiger partial charge in [0.05, 0.1) is 6.10 Å². The van der Waals surface area contributed by atoms with Crippen molar-refractivity contribution in [2.75, 3.05) is 13.2 Å². The van der Waals surface area contributed by atoms with Crippen molar-refractivity contribution in [2.24, 2.45) is 0 Å². The van der Waals surface area contributed by atoms with Gasteiger partial charge in [0.1, 0.15) is 12.4 Å². The van der Waals surface area contributed by atoms with Gasteiger partial charge in [0.2, 0.25) is 0 Å². The summed E-state index contributed by atoms with van der Waals surface area (Å²) >= 11 is 5.87. The molecule has 0 saturated carbocycles. The summed E-state index contributed by atoms with van der Waals surface area (Å²) in [5, 5.41) is 4.19. The Morgan fingerprint density at radius 3 is 2.48 bits per heavy atom. The minimum atomic E-state index is 0.386. The lowest BCUT2D eigenvalue weighted by Gasteiger charge is -2.11. The molecule has 1 aliphatic heterocycles. The predicted molar refractivity (Wildman–Crippen MR) is 92.9 cm³/mol. The number of benzene rings is 2. The second kappa shape index (κ2) is 8.34. The van der Waals surface area contributed by atoms with Gasteiger partial charge in [-0.05, 0) is 48.2 Å². The normalized spacial score (nSPS) is 17.3. The molecule has 1 fully saturated rings. The zero-order chi connectivity index (χ0) is 15.9. The first-order valence-corrected chi connectivity index (χ1v) is 8.46. The molecule has 0 spiro atoms. The zero-order valence-corrected chi connectivity index (χ0v) is 13.9. The quantitative estimate of drug-likeness (QED) is 0.825. The van der Waals surface area contributed by atoms with Crippen molar-refractivity contribution in [1.29, 1.82) is 0 Å². The van der Waals surface area contributed by atoms with Gasteiger partial charge in [0.25, 0.3) is 0 Å². The van der Waals surface area contributed by atoms with Crippen LogP contribution in [0.1, 0.15) is 24.0 Å². The van der Waals surface area contributed by atoms with E-state index in [0.29, 0.717) is 12.7 Å². The second-order valence-corrected chi connectivity index (χ2v) is 6.26. The number of ether oxygens (including phenoxy) is 2. The Kier molecular flexibility index (Phi) is 5.92. The smallest absolute Gasteiger partial charge is 0.119 e. The van der Waals surface area contributed by atoms with Crippen molar-refractivity contribution in [3.05, 3.63) is 64.7 Å². The molecule has 0 bridgehead atoms. The van der Waals surface area contributed by atoms with Crippen LogP contribution >= 0.6 is 11.6 Å². The molecule has 4 heteroatoms. The van der Waals surface area contributed by atoms with E-state index in [0.717, 1.165) is 36.0 Å². The maximum atomic E-state index is 5.87. The van der Waals surface area contributed by atoms with Gasteiger partial charge < -0.3 is 14.8 Å². The molecule has 1 saturated heterocycles. The molecule has 3 rings (SSSR count). The molecule has 1 heterocycles. The van der Waals surface area contributed by atoms with Gasteiger partial charge in [-0.25, -0.2) is 0 Å². The van der Waals surface area contributed by atoms with Crippen LogP contribution in [-0.2, 0) is 17.9 Å². The van der Waals surface area contributed by atoms with Gasteiger partial charge in [-0.1, -0.05) is 35.9 Å². The lowest BCUT2D eigenvalue weighted by Crippen LogP contribution is -2.25. The average Bonchev–Trinajstić information content (AvgIpc) is 3.09. The van der Waals surface area contributed by atoms with Crippen molar-refractivity contribution in [3.63, 3.8) is 0 Å². The first-order chi connectivity index (χ1) is 11.3. The van der Waals surface area contributed by atoms with E-state index in [1.807, 2.05) is 36.4 Å².